The number of pyridine rings is 1. The fourth-order valence-electron chi connectivity index (χ4n) is 2.37. The van der Waals surface area contributed by atoms with Crippen LogP contribution in [-0.4, -0.2) is 10.8 Å². The molecule has 2 aromatic carbocycles. The van der Waals surface area contributed by atoms with Gasteiger partial charge in [-0.05, 0) is 24.3 Å². The van der Waals surface area contributed by atoms with Crippen LogP contribution in [0.5, 0.6) is 5.75 Å². The van der Waals surface area contributed by atoms with Crippen LogP contribution >= 0.6 is 0 Å². The monoisotopic (exact) mass is 358 g/mol. The molecule has 6 nitrogen and oxygen atoms in total. The van der Waals surface area contributed by atoms with E-state index in [1.54, 1.807) is 30.6 Å². The number of rotatable bonds is 7. The summed E-state index contributed by atoms with van der Waals surface area (Å²) < 4.78 is 5.76. The summed E-state index contributed by atoms with van der Waals surface area (Å²) >= 11 is 0. The molecule has 0 aliphatic rings. The van der Waals surface area contributed by atoms with Gasteiger partial charge in [-0.25, -0.2) is 0 Å². The molecule has 1 aromatic heterocycles. The molecule has 0 saturated carbocycles. The third kappa shape index (κ3) is 5.06. The van der Waals surface area contributed by atoms with Crippen molar-refractivity contribution in [3.63, 3.8) is 0 Å². The Morgan fingerprint density at radius 3 is 2.78 bits per heavy atom. The van der Waals surface area contributed by atoms with Gasteiger partial charge < -0.3 is 15.3 Å². The van der Waals surface area contributed by atoms with Crippen LogP contribution in [0.25, 0.3) is 0 Å². The molecule has 2 N–H and O–H groups in total. The number of hydrogen-bond acceptors (Lipinski definition) is 5. The summed E-state index contributed by atoms with van der Waals surface area (Å²) in [5.74, 6) is 0.903. The smallest absolute Gasteiger partial charge is 0.170 e. The van der Waals surface area contributed by atoms with E-state index in [2.05, 4.69) is 16.2 Å². The Bertz CT molecular complexity index is 965. The third-order valence-corrected chi connectivity index (χ3v) is 3.78. The number of ether oxygens (including phenoxy) is 1. The summed E-state index contributed by atoms with van der Waals surface area (Å²) in [5, 5.41) is 13.0. The quantitative estimate of drug-likeness (QED) is 0.397. The Balaban J connectivity index is 1.61. The lowest BCUT2D eigenvalue weighted by atomic mass is 10.1. The van der Waals surface area contributed by atoms with Crippen LogP contribution in [0, 0.1) is 11.3 Å². The number of oxime groups is 1. The minimum Gasteiger partial charge on any atom is -0.489 e. The van der Waals surface area contributed by atoms with E-state index >= 15 is 0 Å². The summed E-state index contributed by atoms with van der Waals surface area (Å²) in [6.45, 7) is 0.581. The van der Waals surface area contributed by atoms with Crippen molar-refractivity contribution < 1.29 is 9.57 Å². The van der Waals surface area contributed by atoms with Crippen molar-refractivity contribution in [2.24, 2.45) is 10.9 Å². The number of hydrogen-bond donors (Lipinski definition) is 1. The third-order valence-electron chi connectivity index (χ3n) is 3.78. The molecule has 0 radical (unpaired) electrons. The van der Waals surface area contributed by atoms with Crippen molar-refractivity contribution in [2.75, 3.05) is 0 Å². The molecule has 0 bridgehead atoms. The second-order valence-electron chi connectivity index (χ2n) is 5.70. The Kier molecular flexibility index (Phi) is 6.00. The Labute approximate surface area is 157 Å². The first-order chi connectivity index (χ1) is 13.3. The molecular formula is C21H18N4O2. The highest BCUT2D eigenvalue weighted by atomic mass is 16.6. The Morgan fingerprint density at radius 1 is 1.07 bits per heavy atom. The molecule has 1 heterocycles. The van der Waals surface area contributed by atoms with Crippen LogP contribution < -0.4 is 10.5 Å². The maximum Gasteiger partial charge on any atom is 0.170 e. The molecular weight excluding hydrogens is 340 g/mol. The number of benzene rings is 2. The summed E-state index contributed by atoms with van der Waals surface area (Å²) in [7, 11) is 0. The van der Waals surface area contributed by atoms with Crippen molar-refractivity contribution in [1.82, 2.24) is 4.98 Å². The van der Waals surface area contributed by atoms with E-state index in [-0.39, 0.29) is 12.4 Å². The topological polar surface area (TPSA) is 93.5 Å². The van der Waals surface area contributed by atoms with Gasteiger partial charge in [0, 0.05) is 29.1 Å². The predicted octanol–water partition coefficient (Wildman–Crippen LogP) is 3.37. The molecule has 134 valence electrons. The summed E-state index contributed by atoms with van der Waals surface area (Å²) in [6.07, 6.45) is 3.48. The van der Waals surface area contributed by atoms with Crippen LogP contribution in [0.1, 0.15) is 22.3 Å². The van der Waals surface area contributed by atoms with Crippen molar-refractivity contribution in [1.29, 1.82) is 5.26 Å². The van der Waals surface area contributed by atoms with E-state index in [1.807, 2.05) is 42.5 Å². The van der Waals surface area contributed by atoms with Crippen molar-refractivity contribution >= 4 is 5.84 Å². The second kappa shape index (κ2) is 9.02. The number of nitrogens with two attached hydrogens (primary N) is 1. The fraction of sp³-hybridized carbons (Fsp3) is 0.0952. The van der Waals surface area contributed by atoms with E-state index < -0.39 is 0 Å². The van der Waals surface area contributed by atoms with Gasteiger partial charge in [-0.3, -0.25) is 4.98 Å². The lowest BCUT2D eigenvalue weighted by Crippen LogP contribution is -2.14. The molecule has 0 spiro atoms. The average molecular weight is 358 g/mol. The normalized spacial score (nSPS) is 10.9. The van der Waals surface area contributed by atoms with E-state index in [1.165, 1.54) is 0 Å². The first-order valence-corrected chi connectivity index (χ1v) is 8.32. The van der Waals surface area contributed by atoms with Gasteiger partial charge in [0.05, 0.1) is 11.6 Å². The van der Waals surface area contributed by atoms with E-state index in [4.69, 9.17) is 20.6 Å². The predicted molar refractivity (Wildman–Crippen MR) is 102 cm³/mol. The van der Waals surface area contributed by atoms with Crippen molar-refractivity contribution in [3.8, 4) is 11.8 Å². The van der Waals surface area contributed by atoms with E-state index in [0.717, 1.165) is 11.1 Å². The second-order valence-corrected chi connectivity index (χ2v) is 5.70. The largest absolute Gasteiger partial charge is 0.489 e. The van der Waals surface area contributed by atoms with Gasteiger partial charge >= 0.3 is 0 Å². The minimum atomic E-state index is 0.168. The standard InChI is InChI=1S/C21H18N4O2/c22-12-18-6-1-2-7-19(18)15-27-25-21(23)17-8-3-9-20(11-17)26-14-16-5-4-10-24-13-16/h1-11,13H,14-15H2,(H2,23,25). The molecule has 0 atom stereocenters. The molecule has 0 unspecified atom stereocenters. The lowest BCUT2D eigenvalue weighted by Gasteiger charge is -2.08. The van der Waals surface area contributed by atoms with E-state index in [9.17, 15) is 0 Å². The summed E-state index contributed by atoms with van der Waals surface area (Å²) in [4.78, 5) is 9.37. The highest BCUT2D eigenvalue weighted by Crippen LogP contribution is 2.15. The van der Waals surface area contributed by atoms with Crippen LogP contribution in [0.15, 0.2) is 78.2 Å². The summed E-state index contributed by atoms with van der Waals surface area (Å²) in [5.41, 5.74) is 8.97. The molecule has 0 saturated heterocycles. The molecule has 0 fully saturated rings. The molecule has 0 amide bonds. The minimum absolute atomic E-state index is 0.168. The number of nitrogens with zero attached hydrogens (tertiary/aromatic N) is 3. The van der Waals surface area contributed by atoms with Crippen LogP contribution in [-0.2, 0) is 18.1 Å². The SMILES string of the molecule is N#Cc1ccccc1CON=C(N)c1cccc(OCc2cccnc2)c1. The zero-order chi connectivity index (χ0) is 18.9. The maximum atomic E-state index is 9.08. The Hall–Kier alpha value is -3.85. The van der Waals surface area contributed by atoms with Gasteiger partial charge in [0.25, 0.3) is 0 Å². The lowest BCUT2D eigenvalue weighted by molar-refractivity contribution is 0.130. The maximum absolute atomic E-state index is 9.08. The number of aromatic nitrogens is 1. The van der Waals surface area contributed by atoms with Gasteiger partial charge in [0.2, 0.25) is 0 Å². The zero-order valence-corrected chi connectivity index (χ0v) is 14.6. The van der Waals surface area contributed by atoms with Gasteiger partial charge in [0.1, 0.15) is 19.0 Å². The van der Waals surface area contributed by atoms with Crippen molar-refractivity contribution in [3.05, 3.63) is 95.3 Å². The molecule has 27 heavy (non-hydrogen) atoms. The average Bonchev–Trinajstić information content (AvgIpc) is 2.73. The van der Waals surface area contributed by atoms with Crippen LogP contribution in [0.2, 0.25) is 0 Å². The molecule has 0 aliphatic carbocycles. The van der Waals surface area contributed by atoms with Crippen LogP contribution in [0.3, 0.4) is 0 Å². The summed E-state index contributed by atoms with van der Waals surface area (Å²) in [6, 6.07) is 20.4. The van der Waals surface area contributed by atoms with E-state index in [0.29, 0.717) is 23.5 Å². The highest BCUT2D eigenvalue weighted by Gasteiger charge is 2.04. The van der Waals surface area contributed by atoms with Gasteiger partial charge in [-0.2, -0.15) is 5.26 Å². The number of amidine groups is 1. The molecule has 3 rings (SSSR count). The van der Waals surface area contributed by atoms with Crippen LogP contribution in [0.4, 0.5) is 0 Å². The van der Waals surface area contributed by atoms with Gasteiger partial charge in [0.15, 0.2) is 5.84 Å². The first-order valence-electron chi connectivity index (χ1n) is 8.32. The Morgan fingerprint density at radius 2 is 1.96 bits per heavy atom. The highest BCUT2D eigenvalue weighted by molar-refractivity contribution is 5.97. The molecule has 0 aliphatic heterocycles. The molecule has 3 aromatic rings. The first kappa shape index (κ1) is 18.0. The number of nitriles is 1. The fourth-order valence-corrected chi connectivity index (χ4v) is 2.37. The zero-order valence-electron chi connectivity index (χ0n) is 14.6. The van der Waals surface area contributed by atoms with Gasteiger partial charge in [-0.15, -0.1) is 0 Å². The molecule has 6 heteroatoms. The van der Waals surface area contributed by atoms with Gasteiger partial charge in [-0.1, -0.05) is 41.6 Å². The van der Waals surface area contributed by atoms with Crippen molar-refractivity contribution in [2.45, 2.75) is 13.2 Å².